The number of fused-ring (bicyclic) bond motifs is 1. The molecule has 0 atom stereocenters. The van der Waals surface area contributed by atoms with E-state index in [-0.39, 0.29) is 11.1 Å². The summed E-state index contributed by atoms with van der Waals surface area (Å²) < 4.78 is 1.33. The Morgan fingerprint density at radius 3 is 2.62 bits per heavy atom. The smallest absolute Gasteiger partial charge is 0.339 e. The number of carboxylic acid groups (broad SMARTS) is 1. The molecule has 3 aromatic rings. The Labute approximate surface area is 118 Å². The van der Waals surface area contributed by atoms with Crippen LogP contribution < -0.4 is 5.73 Å². The van der Waals surface area contributed by atoms with E-state index in [9.17, 15) is 14.7 Å². The monoisotopic (exact) mass is 282 g/mol. The molecule has 1 amide bonds. The minimum absolute atomic E-state index is 0.00665. The van der Waals surface area contributed by atoms with Gasteiger partial charge in [-0.25, -0.2) is 9.48 Å². The Kier molecular flexibility index (Phi) is 2.87. The summed E-state index contributed by atoms with van der Waals surface area (Å²) in [5, 5.41) is 14.0. The number of primary amides is 1. The first kappa shape index (κ1) is 12.8. The predicted octanol–water partition coefficient (Wildman–Crippen LogP) is 1.22. The fourth-order valence-corrected chi connectivity index (χ4v) is 2.10. The molecule has 0 fully saturated rings. The molecular formula is C14H10N4O3. The third-order valence-electron chi connectivity index (χ3n) is 3.07. The maximum absolute atomic E-state index is 11.4. The lowest BCUT2D eigenvalue weighted by atomic mass is 10.1. The summed E-state index contributed by atoms with van der Waals surface area (Å²) in [6, 6.07) is 7.09. The fourth-order valence-electron chi connectivity index (χ4n) is 2.10. The van der Waals surface area contributed by atoms with Crippen molar-refractivity contribution in [1.29, 1.82) is 0 Å². The molecule has 0 aliphatic carbocycles. The topological polar surface area (TPSA) is 111 Å². The molecule has 7 heteroatoms. The lowest BCUT2D eigenvalue weighted by Gasteiger charge is -2.09. The molecule has 0 spiro atoms. The number of carbonyl (C=O) groups excluding carboxylic acids is 1. The molecule has 0 bridgehead atoms. The van der Waals surface area contributed by atoms with Crippen molar-refractivity contribution in [3.63, 3.8) is 0 Å². The zero-order valence-corrected chi connectivity index (χ0v) is 10.7. The third-order valence-corrected chi connectivity index (χ3v) is 3.07. The molecule has 104 valence electrons. The largest absolute Gasteiger partial charge is 0.478 e. The van der Waals surface area contributed by atoms with Gasteiger partial charge in [0.15, 0.2) is 0 Å². The lowest BCUT2D eigenvalue weighted by molar-refractivity contribution is 0.0696. The van der Waals surface area contributed by atoms with E-state index in [4.69, 9.17) is 5.73 Å². The van der Waals surface area contributed by atoms with Gasteiger partial charge in [-0.1, -0.05) is 18.2 Å². The van der Waals surface area contributed by atoms with Crippen molar-refractivity contribution in [3.05, 3.63) is 54.0 Å². The van der Waals surface area contributed by atoms with Gasteiger partial charge in [0.25, 0.3) is 5.91 Å². The quantitative estimate of drug-likeness (QED) is 0.750. The molecule has 7 nitrogen and oxygen atoms in total. The molecule has 3 rings (SSSR count). The van der Waals surface area contributed by atoms with Crippen molar-refractivity contribution in [3.8, 4) is 5.69 Å². The second-order valence-electron chi connectivity index (χ2n) is 4.38. The van der Waals surface area contributed by atoms with Gasteiger partial charge in [0.2, 0.25) is 0 Å². The highest BCUT2D eigenvalue weighted by Gasteiger charge is 2.17. The van der Waals surface area contributed by atoms with Gasteiger partial charge in [-0.2, -0.15) is 5.10 Å². The van der Waals surface area contributed by atoms with Crippen molar-refractivity contribution < 1.29 is 14.7 Å². The molecule has 2 heterocycles. The van der Waals surface area contributed by atoms with Crippen LogP contribution in [0.1, 0.15) is 20.7 Å². The highest BCUT2D eigenvalue weighted by Crippen LogP contribution is 2.24. The van der Waals surface area contributed by atoms with Gasteiger partial charge in [-0.05, 0) is 6.07 Å². The number of benzene rings is 1. The van der Waals surface area contributed by atoms with Crippen LogP contribution in [0.5, 0.6) is 0 Å². The number of pyridine rings is 1. The van der Waals surface area contributed by atoms with E-state index in [1.807, 2.05) is 0 Å². The van der Waals surface area contributed by atoms with Gasteiger partial charge < -0.3 is 10.8 Å². The van der Waals surface area contributed by atoms with Gasteiger partial charge in [0.05, 0.1) is 23.0 Å². The van der Waals surface area contributed by atoms with E-state index in [2.05, 4.69) is 10.1 Å². The second kappa shape index (κ2) is 4.71. The summed E-state index contributed by atoms with van der Waals surface area (Å²) in [5.74, 6) is -1.75. The molecule has 21 heavy (non-hydrogen) atoms. The van der Waals surface area contributed by atoms with Gasteiger partial charge >= 0.3 is 5.97 Å². The van der Waals surface area contributed by atoms with Crippen LogP contribution in [0.3, 0.4) is 0 Å². The Hall–Kier alpha value is -3.22. The first-order valence-electron chi connectivity index (χ1n) is 6.04. The van der Waals surface area contributed by atoms with E-state index in [1.165, 1.54) is 23.3 Å². The first-order valence-corrected chi connectivity index (χ1v) is 6.04. The molecule has 1 aromatic carbocycles. The standard InChI is InChI=1S/C14H10N4O3/c15-13(19)8-5-17-18(7-8)12-9-3-1-2-4-11(9)16-6-10(12)14(20)21/h1-7H,(H2,15,19)(H,20,21). The van der Waals surface area contributed by atoms with Crippen LogP contribution in [0.2, 0.25) is 0 Å². The average molecular weight is 282 g/mol. The molecule has 0 aliphatic rings. The molecule has 0 aliphatic heterocycles. The number of amides is 1. The van der Waals surface area contributed by atoms with Crippen LogP contribution in [-0.4, -0.2) is 31.7 Å². The summed E-state index contributed by atoms with van der Waals surface area (Å²) in [4.78, 5) is 26.7. The van der Waals surface area contributed by atoms with Gasteiger partial charge in [0, 0.05) is 17.8 Å². The molecule has 0 unspecified atom stereocenters. The molecular weight excluding hydrogens is 272 g/mol. The lowest BCUT2D eigenvalue weighted by Crippen LogP contribution is -2.10. The molecule has 3 N–H and O–H groups in total. The number of para-hydroxylation sites is 1. The van der Waals surface area contributed by atoms with Crippen LogP contribution in [-0.2, 0) is 0 Å². The normalized spacial score (nSPS) is 10.7. The Morgan fingerprint density at radius 1 is 1.19 bits per heavy atom. The first-order chi connectivity index (χ1) is 10.1. The van der Waals surface area contributed by atoms with E-state index in [0.717, 1.165) is 0 Å². The van der Waals surface area contributed by atoms with E-state index >= 15 is 0 Å². The predicted molar refractivity (Wildman–Crippen MR) is 74.3 cm³/mol. The number of hydrogen-bond acceptors (Lipinski definition) is 4. The van der Waals surface area contributed by atoms with Crippen LogP contribution >= 0.6 is 0 Å². The summed E-state index contributed by atoms with van der Waals surface area (Å²) in [6.07, 6.45) is 3.96. The van der Waals surface area contributed by atoms with E-state index in [0.29, 0.717) is 16.6 Å². The molecule has 0 saturated heterocycles. The zero-order chi connectivity index (χ0) is 15.0. The highest BCUT2D eigenvalue weighted by molar-refractivity contribution is 6.00. The van der Waals surface area contributed by atoms with Crippen LogP contribution in [0.15, 0.2) is 42.9 Å². The molecule has 0 radical (unpaired) electrons. The van der Waals surface area contributed by atoms with E-state index < -0.39 is 11.9 Å². The van der Waals surface area contributed by atoms with Crippen molar-refractivity contribution >= 4 is 22.8 Å². The number of aromatic carboxylic acids is 1. The van der Waals surface area contributed by atoms with E-state index in [1.54, 1.807) is 24.3 Å². The van der Waals surface area contributed by atoms with Crippen LogP contribution in [0, 0.1) is 0 Å². The Balaban J connectivity index is 2.34. The number of nitrogens with zero attached hydrogens (tertiary/aromatic N) is 3. The van der Waals surface area contributed by atoms with Crippen molar-refractivity contribution in [2.75, 3.05) is 0 Å². The number of aromatic nitrogens is 3. The Morgan fingerprint density at radius 2 is 1.95 bits per heavy atom. The van der Waals surface area contributed by atoms with Gasteiger partial charge in [-0.15, -0.1) is 0 Å². The SMILES string of the molecule is NC(=O)c1cnn(-c2c(C(=O)O)cnc3ccccc23)c1. The average Bonchev–Trinajstić information content (AvgIpc) is 2.95. The number of hydrogen-bond donors (Lipinski definition) is 2. The number of carboxylic acids is 1. The number of carbonyl (C=O) groups is 2. The summed E-state index contributed by atoms with van der Waals surface area (Å²) in [5.41, 5.74) is 6.37. The summed E-state index contributed by atoms with van der Waals surface area (Å²) in [7, 11) is 0. The molecule has 2 aromatic heterocycles. The Bertz CT molecular complexity index is 870. The van der Waals surface area contributed by atoms with Crippen molar-refractivity contribution in [2.45, 2.75) is 0 Å². The third kappa shape index (κ3) is 2.10. The molecule has 0 saturated carbocycles. The van der Waals surface area contributed by atoms with Crippen molar-refractivity contribution in [1.82, 2.24) is 14.8 Å². The minimum atomic E-state index is -1.13. The zero-order valence-electron chi connectivity index (χ0n) is 10.7. The van der Waals surface area contributed by atoms with Crippen molar-refractivity contribution in [2.24, 2.45) is 5.73 Å². The van der Waals surface area contributed by atoms with Gasteiger partial charge in [0.1, 0.15) is 5.56 Å². The van der Waals surface area contributed by atoms with Crippen LogP contribution in [0.4, 0.5) is 0 Å². The number of rotatable bonds is 3. The highest BCUT2D eigenvalue weighted by atomic mass is 16.4. The minimum Gasteiger partial charge on any atom is -0.478 e. The van der Waals surface area contributed by atoms with Gasteiger partial charge in [-0.3, -0.25) is 9.78 Å². The fraction of sp³-hybridized carbons (Fsp3) is 0. The number of nitrogens with two attached hydrogens (primary N) is 1. The maximum atomic E-state index is 11.4. The maximum Gasteiger partial charge on any atom is 0.339 e. The van der Waals surface area contributed by atoms with Crippen LogP contribution in [0.25, 0.3) is 16.6 Å². The second-order valence-corrected chi connectivity index (χ2v) is 4.38. The summed E-state index contributed by atoms with van der Waals surface area (Å²) in [6.45, 7) is 0. The summed E-state index contributed by atoms with van der Waals surface area (Å²) >= 11 is 0.